The van der Waals surface area contributed by atoms with Crippen LogP contribution in [0.1, 0.15) is 17.5 Å². The number of ether oxygens (including phenoxy) is 2. The SMILES string of the molecule is COc1cccc(COCCCc2ccc(N)cc2)c1. The fraction of sp³-hybridized carbons (Fsp3) is 0.294. The molecule has 0 saturated carbocycles. The summed E-state index contributed by atoms with van der Waals surface area (Å²) in [5, 5.41) is 0. The lowest BCUT2D eigenvalue weighted by Gasteiger charge is -2.06. The van der Waals surface area contributed by atoms with Crippen LogP contribution in [0, 0.1) is 0 Å². The van der Waals surface area contributed by atoms with Gasteiger partial charge in [0.05, 0.1) is 13.7 Å². The highest BCUT2D eigenvalue weighted by molar-refractivity contribution is 5.39. The summed E-state index contributed by atoms with van der Waals surface area (Å²) < 4.78 is 10.9. The molecule has 0 atom stereocenters. The summed E-state index contributed by atoms with van der Waals surface area (Å²) in [6.07, 6.45) is 2.02. The van der Waals surface area contributed by atoms with Crippen LogP contribution in [0.15, 0.2) is 48.5 Å². The Bertz CT molecular complexity index is 523. The fourth-order valence-electron chi connectivity index (χ4n) is 2.01. The molecule has 2 rings (SSSR count). The highest BCUT2D eigenvalue weighted by atomic mass is 16.5. The largest absolute Gasteiger partial charge is 0.497 e. The molecule has 0 saturated heterocycles. The number of rotatable bonds is 7. The minimum Gasteiger partial charge on any atom is -0.497 e. The van der Waals surface area contributed by atoms with Gasteiger partial charge in [0.15, 0.2) is 0 Å². The van der Waals surface area contributed by atoms with E-state index in [0.717, 1.165) is 36.4 Å². The minimum absolute atomic E-state index is 0.624. The molecule has 0 aliphatic rings. The molecule has 0 amide bonds. The summed E-state index contributed by atoms with van der Waals surface area (Å²) >= 11 is 0. The number of hydrogen-bond donors (Lipinski definition) is 1. The van der Waals surface area contributed by atoms with Crippen molar-refractivity contribution in [2.24, 2.45) is 0 Å². The summed E-state index contributed by atoms with van der Waals surface area (Å²) in [5.74, 6) is 0.868. The molecule has 106 valence electrons. The Morgan fingerprint density at radius 3 is 2.55 bits per heavy atom. The fourth-order valence-corrected chi connectivity index (χ4v) is 2.01. The molecule has 20 heavy (non-hydrogen) atoms. The van der Waals surface area contributed by atoms with Crippen molar-refractivity contribution in [1.29, 1.82) is 0 Å². The van der Waals surface area contributed by atoms with Gasteiger partial charge < -0.3 is 15.2 Å². The molecular weight excluding hydrogens is 250 g/mol. The van der Waals surface area contributed by atoms with Crippen LogP contribution in [-0.4, -0.2) is 13.7 Å². The van der Waals surface area contributed by atoms with Crippen LogP contribution in [-0.2, 0) is 17.8 Å². The zero-order valence-electron chi connectivity index (χ0n) is 11.8. The molecule has 2 N–H and O–H groups in total. The quantitative estimate of drug-likeness (QED) is 0.620. The first-order valence-electron chi connectivity index (χ1n) is 6.83. The van der Waals surface area contributed by atoms with Gasteiger partial charge >= 0.3 is 0 Å². The van der Waals surface area contributed by atoms with Crippen molar-refractivity contribution in [2.45, 2.75) is 19.4 Å². The van der Waals surface area contributed by atoms with Gasteiger partial charge in [-0.15, -0.1) is 0 Å². The maximum absolute atomic E-state index is 5.68. The van der Waals surface area contributed by atoms with Crippen molar-refractivity contribution >= 4 is 5.69 Å². The number of nitrogens with two attached hydrogens (primary N) is 1. The van der Waals surface area contributed by atoms with E-state index in [2.05, 4.69) is 12.1 Å². The number of benzene rings is 2. The van der Waals surface area contributed by atoms with Crippen LogP contribution in [0.5, 0.6) is 5.75 Å². The van der Waals surface area contributed by atoms with Crippen LogP contribution in [0.2, 0.25) is 0 Å². The molecule has 0 heterocycles. The monoisotopic (exact) mass is 271 g/mol. The van der Waals surface area contributed by atoms with Gasteiger partial charge in [0, 0.05) is 12.3 Å². The summed E-state index contributed by atoms with van der Waals surface area (Å²) in [6.45, 7) is 1.38. The molecule has 0 bridgehead atoms. The Morgan fingerprint density at radius 2 is 1.80 bits per heavy atom. The van der Waals surface area contributed by atoms with E-state index in [9.17, 15) is 0 Å². The molecule has 0 fully saturated rings. The molecule has 2 aromatic carbocycles. The van der Waals surface area contributed by atoms with Crippen molar-refractivity contribution in [1.82, 2.24) is 0 Å². The lowest BCUT2D eigenvalue weighted by atomic mass is 10.1. The van der Waals surface area contributed by atoms with Crippen molar-refractivity contribution in [2.75, 3.05) is 19.5 Å². The maximum Gasteiger partial charge on any atom is 0.119 e. The summed E-state index contributed by atoms with van der Waals surface area (Å²) in [6, 6.07) is 16.0. The highest BCUT2D eigenvalue weighted by Crippen LogP contribution is 2.13. The van der Waals surface area contributed by atoms with Crippen LogP contribution in [0.4, 0.5) is 5.69 Å². The second-order valence-electron chi connectivity index (χ2n) is 4.75. The summed E-state index contributed by atoms with van der Waals surface area (Å²) in [4.78, 5) is 0. The van der Waals surface area contributed by atoms with E-state index in [1.165, 1.54) is 5.56 Å². The van der Waals surface area contributed by atoms with E-state index in [4.69, 9.17) is 15.2 Å². The molecule has 0 aliphatic heterocycles. The lowest BCUT2D eigenvalue weighted by molar-refractivity contribution is 0.118. The molecule has 0 aliphatic carbocycles. The van der Waals surface area contributed by atoms with E-state index in [1.807, 2.05) is 36.4 Å². The van der Waals surface area contributed by atoms with E-state index in [0.29, 0.717) is 6.61 Å². The van der Waals surface area contributed by atoms with Crippen molar-refractivity contribution < 1.29 is 9.47 Å². The number of methoxy groups -OCH3 is 1. The lowest BCUT2D eigenvalue weighted by Crippen LogP contribution is -1.98. The number of hydrogen-bond acceptors (Lipinski definition) is 3. The van der Waals surface area contributed by atoms with Gasteiger partial charge in [-0.2, -0.15) is 0 Å². The Kier molecular flexibility index (Phi) is 5.44. The molecule has 3 nitrogen and oxygen atoms in total. The van der Waals surface area contributed by atoms with E-state index in [1.54, 1.807) is 7.11 Å². The van der Waals surface area contributed by atoms with E-state index in [-0.39, 0.29) is 0 Å². The third-order valence-corrected chi connectivity index (χ3v) is 3.14. The summed E-state index contributed by atoms with van der Waals surface area (Å²) in [5.41, 5.74) is 8.90. The second-order valence-corrected chi connectivity index (χ2v) is 4.75. The topological polar surface area (TPSA) is 44.5 Å². The Balaban J connectivity index is 1.67. The van der Waals surface area contributed by atoms with Gasteiger partial charge in [-0.25, -0.2) is 0 Å². The van der Waals surface area contributed by atoms with Gasteiger partial charge in [-0.05, 0) is 48.2 Å². The number of anilines is 1. The van der Waals surface area contributed by atoms with Gasteiger partial charge in [-0.1, -0.05) is 24.3 Å². The average Bonchev–Trinajstić information content (AvgIpc) is 2.49. The van der Waals surface area contributed by atoms with Crippen LogP contribution < -0.4 is 10.5 Å². The zero-order valence-corrected chi connectivity index (χ0v) is 11.8. The standard InChI is InChI=1S/C17H21NO2/c1-19-17-6-2-4-15(12-17)13-20-11-3-5-14-7-9-16(18)10-8-14/h2,4,6-10,12H,3,5,11,13,18H2,1H3. The van der Waals surface area contributed by atoms with Crippen LogP contribution in [0.3, 0.4) is 0 Å². The number of nitrogen functional groups attached to an aromatic ring is 1. The first kappa shape index (κ1) is 14.4. The van der Waals surface area contributed by atoms with Crippen molar-refractivity contribution in [3.63, 3.8) is 0 Å². The Labute approximate surface area is 120 Å². The third-order valence-electron chi connectivity index (χ3n) is 3.14. The van der Waals surface area contributed by atoms with Crippen LogP contribution >= 0.6 is 0 Å². The smallest absolute Gasteiger partial charge is 0.119 e. The van der Waals surface area contributed by atoms with Crippen molar-refractivity contribution in [3.05, 3.63) is 59.7 Å². The predicted molar refractivity (Wildman–Crippen MR) is 81.8 cm³/mol. The van der Waals surface area contributed by atoms with Gasteiger partial charge in [0.1, 0.15) is 5.75 Å². The molecule has 0 spiro atoms. The minimum atomic E-state index is 0.624. The van der Waals surface area contributed by atoms with E-state index >= 15 is 0 Å². The third kappa shape index (κ3) is 4.59. The average molecular weight is 271 g/mol. The molecule has 2 aromatic rings. The second kappa shape index (κ2) is 7.56. The maximum atomic E-state index is 5.68. The first-order valence-corrected chi connectivity index (χ1v) is 6.83. The molecule has 0 aromatic heterocycles. The Morgan fingerprint density at radius 1 is 1.00 bits per heavy atom. The summed E-state index contributed by atoms with van der Waals surface area (Å²) in [7, 11) is 1.67. The molecule has 0 radical (unpaired) electrons. The first-order chi connectivity index (χ1) is 9.78. The van der Waals surface area contributed by atoms with Gasteiger partial charge in [0.2, 0.25) is 0 Å². The van der Waals surface area contributed by atoms with Gasteiger partial charge in [-0.3, -0.25) is 0 Å². The van der Waals surface area contributed by atoms with Crippen LogP contribution in [0.25, 0.3) is 0 Å². The highest BCUT2D eigenvalue weighted by Gasteiger charge is 1.97. The predicted octanol–water partition coefficient (Wildman–Crippen LogP) is 3.43. The van der Waals surface area contributed by atoms with Crippen molar-refractivity contribution in [3.8, 4) is 5.75 Å². The molecule has 0 unspecified atom stereocenters. The Hall–Kier alpha value is -2.00. The molecule has 3 heteroatoms. The normalized spacial score (nSPS) is 10.4. The number of aryl methyl sites for hydroxylation is 1. The molecular formula is C17H21NO2. The van der Waals surface area contributed by atoms with Gasteiger partial charge in [0.25, 0.3) is 0 Å². The zero-order chi connectivity index (χ0) is 14.2. The van der Waals surface area contributed by atoms with E-state index < -0.39 is 0 Å².